The average Bonchev–Trinajstić information content (AvgIpc) is 3.31. The van der Waals surface area contributed by atoms with Crippen molar-refractivity contribution in [1.82, 2.24) is 24.6 Å². The standard InChI is InChI=1S/C22H28ClFN6OS/c23-18-4-3-5-19(24)17(18)14-27-10-12-28(13-11-27)20(31)15-32-22-26-25-21(29-8-1-2-9-29)30(22)16-6-7-16/h3-5,16H,1-2,6-15H2. The highest BCUT2D eigenvalue weighted by molar-refractivity contribution is 7.99. The van der Waals surface area contributed by atoms with Crippen LogP contribution >= 0.6 is 23.4 Å². The van der Waals surface area contributed by atoms with Gasteiger partial charge in [-0.05, 0) is 37.8 Å². The first-order valence-corrected chi connectivity index (χ1v) is 12.7. The Labute approximate surface area is 196 Å². The Morgan fingerprint density at radius 1 is 1.09 bits per heavy atom. The number of hydrogen-bond donors (Lipinski definition) is 0. The Bertz CT molecular complexity index is 949. The number of hydrogen-bond acceptors (Lipinski definition) is 6. The molecule has 0 spiro atoms. The molecule has 0 N–H and O–H groups in total. The molecule has 2 saturated heterocycles. The van der Waals surface area contributed by atoms with Crippen molar-refractivity contribution >= 4 is 35.2 Å². The van der Waals surface area contributed by atoms with E-state index in [1.54, 1.807) is 12.1 Å². The van der Waals surface area contributed by atoms with Gasteiger partial charge in [0.15, 0.2) is 5.16 Å². The number of rotatable bonds is 7. The molecule has 1 aromatic heterocycles. The zero-order chi connectivity index (χ0) is 22.1. The molecule has 1 aromatic carbocycles. The Hall–Kier alpha value is -1.84. The fourth-order valence-electron chi connectivity index (χ4n) is 4.43. The second kappa shape index (κ2) is 9.57. The van der Waals surface area contributed by atoms with Crippen LogP contribution in [-0.2, 0) is 11.3 Å². The number of amides is 1. The molecule has 3 fully saturated rings. The highest BCUT2D eigenvalue weighted by Crippen LogP contribution is 2.41. The first-order chi connectivity index (χ1) is 15.6. The number of benzene rings is 1. The Kier molecular flexibility index (Phi) is 6.57. The van der Waals surface area contributed by atoms with E-state index in [1.807, 2.05) is 4.90 Å². The van der Waals surface area contributed by atoms with Crippen molar-refractivity contribution in [2.45, 2.75) is 43.4 Å². The normalized spacial score (nSPS) is 19.7. The molecule has 172 valence electrons. The van der Waals surface area contributed by atoms with E-state index in [4.69, 9.17) is 11.6 Å². The summed E-state index contributed by atoms with van der Waals surface area (Å²) >= 11 is 7.65. The first-order valence-electron chi connectivity index (χ1n) is 11.4. The summed E-state index contributed by atoms with van der Waals surface area (Å²) in [7, 11) is 0. The smallest absolute Gasteiger partial charge is 0.233 e. The van der Waals surface area contributed by atoms with Crippen molar-refractivity contribution in [3.05, 3.63) is 34.6 Å². The van der Waals surface area contributed by atoms with Gasteiger partial charge in [0.1, 0.15) is 5.82 Å². The van der Waals surface area contributed by atoms with Gasteiger partial charge in [-0.3, -0.25) is 14.3 Å². The van der Waals surface area contributed by atoms with Crippen LogP contribution in [0.4, 0.5) is 10.3 Å². The topological polar surface area (TPSA) is 57.5 Å². The summed E-state index contributed by atoms with van der Waals surface area (Å²) in [6.07, 6.45) is 4.73. The van der Waals surface area contributed by atoms with Crippen LogP contribution in [0.2, 0.25) is 5.02 Å². The van der Waals surface area contributed by atoms with Gasteiger partial charge in [0.25, 0.3) is 0 Å². The van der Waals surface area contributed by atoms with Crippen molar-refractivity contribution in [2.24, 2.45) is 0 Å². The maximum Gasteiger partial charge on any atom is 0.233 e. The van der Waals surface area contributed by atoms with E-state index >= 15 is 0 Å². The van der Waals surface area contributed by atoms with E-state index in [0.717, 1.165) is 37.0 Å². The summed E-state index contributed by atoms with van der Waals surface area (Å²) in [6, 6.07) is 5.25. The number of carbonyl (C=O) groups is 1. The number of halogens is 2. The molecule has 1 amide bonds. The minimum Gasteiger partial charge on any atom is -0.341 e. The second-order valence-corrected chi connectivity index (χ2v) is 10.1. The highest BCUT2D eigenvalue weighted by atomic mass is 35.5. The third-order valence-corrected chi connectivity index (χ3v) is 7.72. The van der Waals surface area contributed by atoms with Gasteiger partial charge in [-0.25, -0.2) is 4.39 Å². The fourth-order valence-corrected chi connectivity index (χ4v) is 5.56. The Morgan fingerprint density at radius 2 is 1.84 bits per heavy atom. The molecule has 0 bridgehead atoms. The van der Waals surface area contributed by atoms with Crippen molar-refractivity contribution in [1.29, 1.82) is 0 Å². The number of anilines is 1. The van der Waals surface area contributed by atoms with Crippen molar-refractivity contribution in [2.75, 3.05) is 49.9 Å². The zero-order valence-corrected chi connectivity index (χ0v) is 19.6. The van der Waals surface area contributed by atoms with Gasteiger partial charge in [-0.2, -0.15) is 0 Å². The van der Waals surface area contributed by atoms with Crippen LogP contribution in [0.25, 0.3) is 0 Å². The molecule has 7 nitrogen and oxygen atoms in total. The van der Waals surface area contributed by atoms with Gasteiger partial charge in [0.05, 0.1) is 5.75 Å². The molecule has 3 heterocycles. The zero-order valence-electron chi connectivity index (χ0n) is 18.1. The van der Waals surface area contributed by atoms with Crippen molar-refractivity contribution < 1.29 is 9.18 Å². The van der Waals surface area contributed by atoms with E-state index < -0.39 is 0 Å². The van der Waals surface area contributed by atoms with Gasteiger partial charge in [0.2, 0.25) is 11.9 Å². The van der Waals surface area contributed by atoms with Gasteiger partial charge in [-0.1, -0.05) is 29.4 Å². The molecular formula is C22H28ClFN6OS. The van der Waals surface area contributed by atoms with Crippen LogP contribution in [0.3, 0.4) is 0 Å². The monoisotopic (exact) mass is 478 g/mol. The molecule has 10 heteroatoms. The molecule has 1 aliphatic carbocycles. The number of nitrogens with zero attached hydrogens (tertiary/aromatic N) is 6. The molecule has 5 rings (SSSR count). The van der Waals surface area contributed by atoms with Crippen LogP contribution < -0.4 is 4.90 Å². The molecule has 0 radical (unpaired) electrons. The van der Waals surface area contributed by atoms with Gasteiger partial charge in [-0.15, -0.1) is 10.2 Å². The third-order valence-electron chi connectivity index (χ3n) is 6.44. The van der Waals surface area contributed by atoms with Crippen LogP contribution in [0, 0.1) is 5.82 Å². The SMILES string of the molecule is O=C(CSc1nnc(N2CCCC2)n1C1CC1)N1CCN(Cc2c(F)cccc2Cl)CC1. The van der Waals surface area contributed by atoms with E-state index in [-0.39, 0.29) is 11.7 Å². The number of thioether (sulfide) groups is 1. The van der Waals surface area contributed by atoms with E-state index in [2.05, 4.69) is 24.6 Å². The molecule has 1 saturated carbocycles. The van der Waals surface area contributed by atoms with Crippen LogP contribution in [0.1, 0.15) is 37.3 Å². The lowest BCUT2D eigenvalue weighted by Gasteiger charge is -2.34. The van der Waals surface area contributed by atoms with E-state index in [9.17, 15) is 9.18 Å². The molecule has 0 atom stereocenters. The third kappa shape index (κ3) is 4.75. The van der Waals surface area contributed by atoms with Crippen LogP contribution in [-0.4, -0.2) is 75.5 Å². The summed E-state index contributed by atoms with van der Waals surface area (Å²) in [5.74, 6) is 1.18. The summed E-state index contributed by atoms with van der Waals surface area (Å²) in [4.78, 5) is 19.2. The molecule has 32 heavy (non-hydrogen) atoms. The molecule has 2 aliphatic heterocycles. The summed E-state index contributed by atoms with van der Waals surface area (Å²) in [6.45, 7) is 5.23. The lowest BCUT2D eigenvalue weighted by Crippen LogP contribution is -2.48. The summed E-state index contributed by atoms with van der Waals surface area (Å²) in [5, 5.41) is 10.2. The van der Waals surface area contributed by atoms with Crippen molar-refractivity contribution in [3.8, 4) is 0 Å². The van der Waals surface area contributed by atoms with E-state index in [0.29, 0.717) is 55.1 Å². The molecule has 0 unspecified atom stereocenters. The van der Waals surface area contributed by atoms with Crippen LogP contribution in [0.5, 0.6) is 0 Å². The second-order valence-electron chi connectivity index (χ2n) is 8.72. The predicted molar refractivity (Wildman–Crippen MR) is 124 cm³/mol. The van der Waals surface area contributed by atoms with Gasteiger partial charge in [0, 0.05) is 62.4 Å². The fraction of sp³-hybridized carbons (Fsp3) is 0.591. The quantitative estimate of drug-likeness (QED) is 0.568. The predicted octanol–water partition coefficient (Wildman–Crippen LogP) is 3.44. The largest absolute Gasteiger partial charge is 0.341 e. The summed E-state index contributed by atoms with van der Waals surface area (Å²) < 4.78 is 16.3. The lowest BCUT2D eigenvalue weighted by molar-refractivity contribution is -0.130. The minimum atomic E-state index is -0.277. The first kappa shape index (κ1) is 22.0. The van der Waals surface area contributed by atoms with Crippen LogP contribution in [0.15, 0.2) is 23.4 Å². The van der Waals surface area contributed by atoms with Gasteiger partial charge >= 0.3 is 0 Å². The maximum atomic E-state index is 14.1. The number of aromatic nitrogens is 3. The summed E-state index contributed by atoms with van der Waals surface area (Å²) in [5.41, 5.74) is 0.526. The number of carbonyl (C=O) groups excluding carboxylic acids is 1. The van der Waals surface area contributed by atoms with E-state index in [1.165, 1.54) is 30.7 Å². The lowest BCUT2D eigenvalue weighted by atomic mass is 10.2. The minimum absolute atomic E-state index is 0.117. The molecule has 2 aromatic rings. The van der Waals surface area contributed by atoms with Crippen molar-refractivity contribution in [3.63, 3.8) is 0 Å². The molecule has 3 aliphatic rings. The average molecular weight is 479 g/mol. The molecular weight excluding hydrogens is 451 g/mol. The maximum absolute atomic E-state index is 14.1. The number of piperazine rings is 1. The Balaban J connectivity index is 1.14. The Morgan fingerprint density at radius 3 is 2.53 bits per heavy atom. The van der Waals surface area contributed by atoms with Gasteiger partial charge < -0.3 is 9.80 Å². The highest BCUT2D eigenvalue weighted by Gasteiger charge is 2.33.